The molecule has 0 N–H and O–H groups in total. The molecule has 0 bridgehead atoms. The van der Waals surface area contributed by atoms with Crippen LogP contribution in [0, 0.1) is 0 Å². The van der Waals surface area contributed by atoms with E-state index in [0.717, 1.165) is 0 Å². The molecule has 0 atom stereocenters. The van der Waals surface area contributed by atoms with Crippen LogP contribution in [0.3, 0.4) is 0 Å². The van der Waals surface area contributed by atoms with Crippen LogP contribution >= 0.6 is 11.6 Å². The number of carbonyl (C=O) groups is 2. The SMILES string of the molecule is CCOC(=O)CCN(C)c1nc(Cl)ncc1C(=O)OCC. The summed E-state index contributed by atoms with van der Waals surface area (Å²) in [4.78, 5) is 32.7. The van der Waals surface area contributed by atoms with E-state index in [1.165, 1.54) is 6.20 Å². The van der Waals surface area contributed by atoms with Crippen molar-refractivity contribution < 1.29 is 19.1 Å². The van der Waals surface area contributed by atoms with Crippen molar-refractivity contribution in [2.75, 3.05) is 31.7 Å². The molecule has 0 aliphatic heterocycles. The fraction of sp³-hybridized carbons (Fsp3) is 0.538. The number of esters is 2. The molecular formula is C13H18ClN3O4. The van der Waals surface area contributed by atoms with Crippen LogP contribution in [-0.4, -0.2) is 48.7 Å². The van der Waals surface area contributed by atoms with Crippen LogP contribution in [0.2, 0.25) is 5.28 Å². The van der Waals surface area contributed by atoms with E-state index < -0.39 is 5.97 Å². The second-order valence-electron chi connectivity index (χ2n) is 4.07. The summed E-state index contributed by atoms with van der Waals surface area (Å²) in [5.74, 6) is -0.535. The topological polar surface area (TPSA) is 81.6 Å². The van der Waals surface area contributed by atoms with Gasteiger partial charge in [-0.05, 0) is 25.4 Å². The first-order valence-electron chi connectivity index (χ1n) is 6.56. The molecule has 1 aromatic rings. The van der Waals surface area contributed by atoms with Gasteiger partial charge in [-0.1, -0.05) is 0 Å². The number of hydrogen-bond donors (Lipinski definition) is 0. The molecule has 0 radical (unpaired) electrons. The van der Waals surface area contributed by atoms with Crippen LogP contribution < -0.4 is 4.90 Å². The molecule has 0 aromatic carbocycles. The molecule has 0 saturated carbocycles. The van der Waals surface area contributed by atoms with Crippen molar-refractivity contribution >= 4 is 29.4 Å². The van der Waals surface area contributed by atoms with Gasteiger partial charge >= 0.3 is 11.9 Å². The zero-order valence-electron chi connectivity index (χ0n) is 12.3. The number of anilines is 1. The summed E-state index contributed by atoms with van der Waals surface area (Å²) in [6.45, 7) is 4.35. The lowest BCUT2D eigenvalue weighted by Crippen LogP contribution is -2.25. The van der Waals surface area contributed by atoms with Gasteiger partial charge in [0.25, 0.3) is 0 Å². The smallest absolute Gasteiger partial charge is 0.343 e. The molecule has 0 aliphatic rings. The van der Waals surface area contributed by atoms with Gasteiger partial charge in [-0.2, -0.15) is 4.98 Å². The minimum Gasteiger partial charge on any atom is -0.466 e. The summed E-state index contributed by atoms with van der Waals surface area (Å²) >= 11 is 5.76. The molecule has 0 fully saturated rings. The molecule has 0 amide bonds. The fourth-order valence-corrected chi connectivity index (χ4v) is 1.72. The number of nitrogens with zero attached hydrogens (tertiary/aromatic N) is 3. The van der Waals surface area contributed by atoms with Gasteiger partial charge in [-0.15, -0.1) is 0 Å². The van der Waals surface area contributed by atoms with Crippen molar-refractivity contribution in [2.24, 2.45) is 0 Å². The highest BCUT2D eigenvalue weighted by Crippen LogP contribution is 2.19. The van der Waals surface area contributed by atoms with Gasteiger partial charge in [0.2, 0.25) is 5.28 Å². The monoisotopic (exact) mass is 315 g/mol. The van der Waals surface area contributed by atoms with Gasteiger partial charge in [-0.25, -0.2) is 9.78 Å². The second-order valence-corrected chi connectivity index (χ2v) is 4.41. The number of aromatic nitrogens is 2. The standard InChI is InChI=1S/C13H18ClN3O4/c1-4-20-10(18)6-7-17(3)11-9(12(19)21-5-2)8-15-13(14)16-11/h8H,4-7H2,1-3H3. The van der Waals surface area contributed by atoms with Gasteiger partial charge in [-0.3, -0.25) is 4.79 Å². The largest absolute Gasteiger partial charge is 0.466 e. The third kappa shape index (κ3) is 5.18. The molecular weight excluding hydrogens is 298 g/mol. The van der Waals surface area contributed by atoms with Gasteiger partial charge < -0.3 is 14.4 Å². The van der Waals surface area contributed by atoms with Gasteiger partial charge in [0.1, 0.15) is 11.4 Å². The first-order chi connectivity index (χ1) is 9.99. The maximum absolute atomic E-state index is 11.9. The summed E-state index contributed by atoms with van der Waals surface area (Å²) in [6.07, 6.45) is 1.48. The van der Waals surface area contributed by atoms with E-state index in [1.54, 1.807) is 25.8 Å². The maximum Gasteiger partial charge on any atom is 0.343 e. The molecule has 0 saturated heterocycles. The van der Waals surface area contributed by atoms with E-state index in [1.807, 2.05) is 0 Å². The highest BCUT2D eigenvalue weighted by Gasteiger charge is 2.19. The highest BCUT2D eigenvalue weighted by molar-refractivity contribution is 6.28. The molecule has 21 heavy (non-hydrogen) atoms. The Labute approximate surface area is 128 Å². The van der Waals surface area contributed by atoms with Crippen molar-refractivity contribution in [3.05, 3.63) is 17.0 Å². The Morgan fingerprint density at radius 1 is 1.29 bits per heavy atom. The van der Waals surface area contributed by atoms with E-state index in [-0.39, 0.29) is 29.8 Å². The first kappa shape index (κ1) is 17.2. The summed E-state index contributed by atoms with van der Waals surface area (Å²) in [6, 6.07) is 0. The van der Waals surface area contributed by atoms with Crippen LogP contribution in [0.15, 0.2) is 6.20 Å². The Hall–Kier alpha value is -1.89. The minimum absolute atomic E-state index is 0.0148. The zero-order chi connectivity index (χ0) is 15.8. The van der Waals surface area contributed by atoms with E-state index in [4.69, 9.17) is 21.1 Å². The van der Waals surface area contributed by atoms with E-state index in [0.29, 0.717) is 19.0 Å². The third-order valence-corrected chi connectivity index (χ3v) is 2.73. The molecule has 8 heteroatoms. The number of rotatable bonds is 7. The van der Waals surface area contributed by atoms with Gasteiger partial charge in [0.15, 0.2) is 0 Å². The highest BCUT2D eigenvalue weighted by atomic mass is 35.5. The molecule has 1 heterocycles. The number of carbonyl (C=O) groups excluding carboxylic acids is 2. The van der Waals surface area contributed by atoms with Crippen molar-refractivity contribution in [1.82, 2.24) is 9.97 Å². The van der Waals surface area contributed by atoms with Gasteiger partial charge in [0.05, 0.1) is 19.6 Å². The minimum atomic E-state index is -0.535. The average molecular weight is 316 g/mol. The fourth-order valence-electron chi connectivity index (χ4n) is 1.59. The molecule has 0 spiro atoms. The summed E-state index contributed by atoms with van der Waals surface area (Å²) in [7, 11) is 1.70. The Morgan fingerprint density at radius 2 is 1.95 bits per heavy atom. The van der Waals surface area contributed by atoms with E-state index in [2.05, 4.69) is 9.97 Å². The lowest BCUT2D eigenvalue weighted by atomic mass is 10.3. The van der Waals surface area contributed by atoms with Crippen molar-refractivity contribution in [1.29, 1.82) is 0 Å². The van der Waals surface area contributed by atoms with E-state index in [9.17, 15) is 9.59 Å². The lowest BCUT2D eigenvalue weighted by molar-refractivity contribution is -0.142. The summed E-state index contributed by atoms with van der Waals surface area (Å²) < 4.78 is 9.79. The lowest BCUT2D eigenvalue weighted by Gasteiger charge is -2.19. The Bertz CT molecular complexity index is 510. The Morgan fingerprint density at radius 3 is 2.57 bits per heavy atom. The Balaban J connectivity index is 2.86. The molecule has 0 aliphatic carbocycles. The molecule has 116 valence electrons. The Kier molecular flexibility index (Phi) is 6.87. The van der Waals surface area contributed by atoms with E-state index >= 15 is 0 Å². The number of halogens is 1. The summed E-state index contributed by atoms with van der Waals surface area (Å²) in [5.41, 5.74) is 0.201. The number of ether oxygens (including phenoxy) is 2. The normalized spacial score (nSPS) is 10.1. The molecule has 1 aromatic heterocycles. The molecule has 0 unspecified atom stereocenters. The average Bonchev–Trinajstić information content (AvgIpc) is 2.45. The summed E-state index contributed by atoms with van der Waals surface area (Å²) in [5, 5.41) is 0.0148. The van der Waals surface area contributed by atoms with Crippen molar-refractivity contribution in [3.63, 3.8) is 0 Å². The van der Waals surface area contributed by atoms with Crippen LogP contribution in [-0.2, 0) is 14.3 Å². The predicted octanol–water partition coefficient (Wildman–Crippen LogP) is 1.70. The maximum atomic E-state index is 11.9. The quantitative estimate of drug-likeness (QED) is 0.559. The van der Waals surface area contributed by atoms with Crippen LogP contribution in [0.25, 0.3) is 0 Å². The molecule has 7 nitrogen and oxygen atoms in total. The van der Waals surface area contributed by atoms with Crippen LogP contribution in [0.4, 0.5) is 5.82 Å². The van der Waals surface area contributed by atoms with Crippen LogP contribution in [0.1, 0.15) is 30.6 Å². The van der Waals surface area contributed by atoms with Gasteiger partial charge in [0, 0.05) is 19.8 Å². The number of hydrogen-bond acceptors (Lipinski definition) is 7. The van der Waals surface area contributed by atoms with Crippen molar-refractivity contribution in [2.45, 2.75) is 20.3 Å². The molecule has 1 rings (SSSR count). The van der Waals surface area contributed by atoms with Crippen LogP contribution in [0.5, 0.6) is 0 Å². The predicted molar refractivity (Wildman–Crippen MR) is 77.5 cm³/mol. The first-order valence-corrected chi connectivity index (χ1v) is 6.93. The second kappa shape index (κ2) is 8.41. The third-order valence-electron chi connectivity index (χ3n) is 2.55. The van der Waals surface area contributed by atoms with Crippen molar-refractivity contribution in [3.8, 4) is 0 Å². The zero-order valence-corrected chi connectivity index (χ0v) is 13.0.